The Bertz CT molecular complexity index is 714. The van der Waals surface area contributed by atoms with Crippen LogP contribution in [0.25, 0.3) is 10.9 Å². The van der Waals surface area contributed by atoms with Gasteiger partial charge in [-0.05, 0) is 11.6 Å². The summed E-state index contributed by atoms with van der Waals surface area (Å²) < 4.78 is 2.02. The maximum Gasteiger partial charge on any atom is 0.231 e. The molecule has 0 aliphatic carbocycles. The molecule has 3 rings (SSSR count). The lowest BCUT2D eigenvalue weighted by atomic mass is 10.1. The molecule has 6 nitrogen and oxygen atoms in total. The SMILES string of the molecule is Cn1cc(CC(=O)Nc2ncn[nH]2)c2ccccc21. The molecule has 0 radical (unpaired) electrons. The van der Waals surface area contributed by atoms with Crippen molar-refractivity contribution >= 4 is 22.8 Å². The number of fused-ring (bicyclic) bond motifs is 1. The smallest absolute Gasteiger partial charge is 0.231 e. The van der Waals surface area contributed by atoms with Gasteiger partial charge < -0.3 is 4.57 Å². The Kier molecular flexibility index (Phi) is 2.75. The molecule has 2 N–H and O–H groups in total. The quantitative estimate of drug-likeness (QED) is 0.744. The number of hydrogen-bond acceptors (Lipinski definition) is 3. The molecule has 0 saturated heterocycles. The van der Waals surface area contributed by atoms with Crippen LogP contribution in [0.4, 0.5) is 5.95 Å². The number of para-hydroxylation sites is 1. The van der Waals surface area contributed by atoms with Gasteiger partial charge >= 0.3 is 0 Å². The third-order valence-corrected chi connectivity index (χ3v) is 3.00. The van der Waals surface area contributed by atoms with Crippen molar-refractivity contribution in [2.45, 2.75) is 6.42 Å². The predicted octanol–water partition coefficient (Wildman–Crippen LogP) is 1.48. The van der Waals surface area contributed by atoms with Crippen LogP contribution in [0, 0.1) is 0 Å². The van der Waals surface area contributed by atoms with Gasteiger partial charge in [-0.15, -0.1) is 0 Å². The van der Waals surface area contributed by atoms with Gasteiger partial charge in [0.15, 0.2) is 0 Å². The van der Waals surface area contributed by atoms with Crippen molar-refractivity contribution < 1.29 is 4.79 Å². The van der Waals surface area contributed by atoms with E-state index in [9.17, 15) is 4.79 Å². The van der Waals surface area contributed by atoms with Crippen molar-refractivity contribution in [3.63, 3.8) is 0 Å². The molecule has 0 unspecified atom stereocenters. The van der Waals surface area contributed by atoms with E-state index in [1.165, 1.54) is 6.33 Å². The number of nitrogens with zero attached hydrogens (tertiary/aromatic N) is 3. The Balaban J connectivity index is 1.83. The van der Waals surface area contributed by atoms with Crippen LogP contribution < -0.4 is 5.32 Å². The normalized spacial score (nSPS) is 10.8. The number of hydrogen-bond donors (Lipinski definition) is 2. The zero-order valence-electron chi connectivity index (χ0n) is 10.4. The van der Waals surface area contributed by atoms with Crippen molar-refractivity contribution in [2.75, 3.05) is 5.32 Å². The van der Waals surface area contributed by atoms with E-state index in [0.29, 0.717) is 12.4 Å². The number of nitrogens with one attached hydrogen (secondary N) is 2. The summed E-state index contributed by atoms with van der Waals surface area (Å²) in [6.45, 7) is 0. The highest BCUT2D eigenvalue weighted by molar-refractivity contribution is 5.94. The molecule has 0 saturated carbocycles. The highest BCUT2D eigenvalue weighted by Crippen LogP contribution is 2.20. The monoisotopic (exact) mass is 255 g/mol. The highest BCUT2D eigenvalue weighted by Gasteiger charge is 2.11. The number of anilines is 1. The van der Waals surface area contributed by atoms with Crippen LogP contribution in [0.15, 0.2) is 36.8 Å². The third kappa shape index (κ3) is 2.20. The van der Waals surface area contributed by atoms with Crippen molar-refractivity contribution in [1.82, 2.24) is 19.7 Å². The second-order valence-corrected chi connectivity index (χ2v) is 4.34. The number of carbonyl (C=O) groups is 1. The van der Waals surface area contributed by atoms with Crippen molar-refractivity contribution in [1.29, 1.82) is 0 Å². The Morgan fingerprint density at radius 1 is 1.42 bits per heavy atom. The van der Waals surface area contributed by atoms with E-state index in [4.69, 9.17) is 0 Å². The lowest BCUT2D eigenvalue weighted by Gasteiger charge is -2.00. The van der Waals surface area contributed by atoms with Gasteiger partial charge in [0, 0.05) is 24.1 Å². The van der Waals surface area contributed by atoms with Crippen LogP contribution >= 0.6 is 0 Å². The van der Waals surface area contributed by atoms with Gasteiger partial charge in [0.25, 0.3) is 0 Å². The van der Waals surface area contributed by atoms with E-state index in [1.807, 2.05) is 42.1 Å². The Morgan fingerprint density at radius 3 is 3.05 bits per heavy atom. The summed E-state index contributed by atoms with van der Waals surface area (Å²) in [4.78, 5) is 15.8. The van der Waals surface area contributed by atoms with E-state index >= 15 is 0 Å². The first-order valence-electron chi connectivity index (χ1n) is 5.92. The first-order chi connectivity index (χ1) is 9.24. The summed E-state index contributed by atoms with van der Waals surface area (Å²) in [5.74, 6) is 0.248. The topological polar surface area (TPSA) is 75.6 Å². The Labute approximate surface area is 109 Å². The van der Waals surface area contributed by atoms with Crippen molar-refractivity contribution in [2.24, 2.45) is 7.05 Å². The number of rotatable bonds is 3. The van der Waals surface area contributed by atoms with E-state index in [1.54, 1.807) is 0 Å². The van der Waals surface area contributed by atoms with Crippen LogP contribution in [0.5, 0.6) is 0 Å². The van der Waals surface area contributed by atoms with Gasteiger partial charge in [-0.1, -0.05) is 18.2 Å². The zero-order valence-corrected chi connectivity index (χ0v) is 10.4. The summed E-state index contributed by atoms with van der Waals surface area (Å²) in [6.07, 6.45) is 3.64. The average Bonchev–Trinajstić information content (AvgIpc) is 3.00. The van der Waals surface area contributed by atoms with Crippen molar-refractivity contribution in [3.05, 3.63) is 42.4 Å². The van der Waals surface area contributed by atoms with Gasteiger partial charge in [-0.2, -0.15) is 10.1 Å². The number of H-pyrrole nitrogens is 1. The lowest BCUT2D eigenvalue weighted by Crippen LogP contribution is -2.15. The maximum absolute atomic E-state index is 11.9. The molecule has 0 spiro atoms. The Hall–Kier alpha value is -2.63. The fourth-order valence-corrected chi connectivity index (χ4v) is 2.18. The first-order valence-corrected chi connectivity index (χ1v) is 5.92. The number of benzene rings is 1. The second-order valence-electron chi connectivity index (χ2n) is 4.34. The van der Waals surface area contributed by atoms with E-state index < -0.39 is 0 Å². The van der Waals surface area contributed by atoms with Crippen molar-refractivity contribution in [3.8, 4) is 0 Å². The van der Waals surface area contributed by atoms with Gasteiger partial charge in [0.2, 0.25) is 11.9 Å². The van der Waals surface area contributed by atoms with Crippen LogP contribution in [0.1, 0.15) is 5.56 Å². The molecule has 0 atom stereocenters. The molecule has 2 heterocycles. The fourth-order valence-electron chi connectivity index (χ4n) is 2.18. The summed E-state index contributed by atoms with van der Waals surface area (Å²) in [5.41, 5.74) is 2.11. The first kappa shape index (κ1) is 11.5. The average molecular weight is 255 g/mol. The predicted molar refractivity (Wildman–Crippen MR) is 71.6 cm³/mol. The fraction of sp³-hybridized carbons (Fsp3) is 0.154. The lowest BCUT2D eigenvalue weighted by molar-refractivity contribution is -0.115. The van der Waals surface area contributed by atoms with E-state index in [0.717, 1.165) is 16.5 Å². The molecule has 6 heteroatoms. The molecular weight excluding hydrogens is 242 g/mol. The summed E-state index contributed by atoms with van der Waals surface area (Å²) in [7, 11) is 1.97. The molecule has 0 aliphatic heterocycles. The molecule has 2 aromatic heterocycles. The molecule has 0 aliphatic rings. The molecule has 96 valence electrons. The molecule has 0 fully saturated rings. The van der Waals surface area contributed by atoms with Gasteiger partial charge in [0.05, 0.1) is 6.42 Å². The van der Waals surface area contributed by atoms with E-state index in [-0.39, 0.29) is 5.91 Å². The molecular formula is C13H13N5O. The summed E-state index contributed by atoms with van der Waals surface area (Å²) in [5, 5.41) is 10.0. The standard InChI is InChI=1S/C13H13N5O/c1-18-7-9(10-4-2-3-5-11(10)18)6-12(19)16-13-14-8-15-17-13/h2-5,7-8H,6H2,1H3,(H2,14,15,16,17,19). The van der Waals surface area contributed by atoms with Gasteiger partial charge in [0.1, 0.15) is 6.33 Å². The van der Waals surface area contributed by atoms with Crippen LogP contribution in [-0.4, -0.2) is 25.7 Å². The molecule has 1 aromatic carbocycles. The summed E-state index contributed by atoms with van der Waals surface area (Å²) in [6, 6.07) is 8.01. The minimum atomic E-state index is -0.117. The number of aromatic nitrogens is 4. The number of aromatic amines is 1. The number of carbonyl (C=O) groups excluding carboxylic acids is 1. The van der Waals surface area contributed by atoms with Crippen LogP contribution in [-0.2, 0) is 18.3 Å². The third-order valence-electron chi connectivity index (χ3n) is 3.00. The van der Waals surface area contributed by atoms with Crippen LogP contribution in [0.3, 0.4) is 0 Å². The van der Waals surface area contributed by atoms with E-state index in [2.05, 4.69) is 20.5 Å². The molecule has 19 heavy (non-hydrogen) atoms. The largest absolute Gasteiger partial charge is 0.350 e. The minimum Gasteiger partial charge on any atom is -0.350 e. The highest BCUT2D eigenvalue weighted by atomic mass is 16.1. The molecule has 0 bridgehead atoms. The molecule has 3 aromatic rings. The maximum atomic E-state index is 11.9. The zero-order chi connectivity index (χ0) is 13.2. The second kappa shape index (κ2) is 4.56. The minimum absolute atomic E-state index is 0.117. The molecule has 1 amide bonds. The number of amides is 1. The number of aryl methyl sites for hydroxylation is 1. The summed E-state index contributed by atoms with van der Waals surface area (Å²) >= 11 is 0. The van der Waals surface area contributed by atoms with Crippen LogP contribution in [0.2, 0.25) is 0 Å². The van der Waals surface area contributed by atoms with Gasteiger partial charge in [-0.25, -0.2) is 5.10 Å². The Morgan fingerprint density at radius 2 is 2.26 bits per heavy atom. The van der Waals surface area contributed by atoms with Gasteiger partial charge in [-0.3, -0.25) is 10.1 Å².